The summed E-state index contributed by atoms with van der Waals surface area (Å²) < 4.78 is 0.963. The van der Waals surface area contributed by atoms with Crippen molar-refractivity contribution in [2.45, 2.75) is 6.54 Å². The number of halogens is 1. The molecule has 1 fully saturated rings. The number of hydrogen-bond donors (Lipinski definition) is 1. The van der Waals surface area contributed by atoms with Crippen LogP contribution in [0.5, 0.6) is 0 Å². The second kappa shape index (κ2) is 9.09. The predicted molar refractivity (Wildman–Crippen MR) is 120 cm³/mol. The standard InChI is InChI=1S/C23H23BrN4O/c24-20-7-5-18(6-8-20)23(29)26-17-19-3-1-2-4-22(19)28-15-13-27(14-16-28)21-9-11-25-12-10-21/h1-12H,13-17H2,(H,26,29). The van der Waals surface area contributed by atoms with Crippen LogP contribution in [0.25, 0.3) is 0 Å². The third-order valence-electron chi connectivity index (χ3n) is 5.19. The van der Waals surface area contributed by atoms with E-state index in [0.29, 0.717) is 12.1 Å². The van der Waals surface area contributed by atoms with Gasteiger partial charge in [-0.1, -0.05) is 34.1 Å². The maximum atomic E-state index is 12.5. The summed E-state index contributed by atoms with van der Waals surface area (Å²) in [5.74, 6) is -0.0604. The Balaban J connectivity index is 1.40. The van der Waals surface area contributed by atoms with Crippen LogP contribution in [0.3, 0.4) is 0 Å². The van der Waals surface area contributed by atoms with Crippen LogP contribution < -0.4 is 15.1 Å². The zero-order chi connectivity index (χ0) is 20.1. The van der Waals surface area contributed by atoms with Crippen LogP contribution in [0.1, 0.15) is 15.9 Å². The van der Waals surface area contributed by atoms with Crippen molar-refractivity contribution in [3.8, 4) is 0 Å². The fourth-order valence-corrected chi connectivity index (χ4v) is 3.87. The number of rotatable bonds is 5. The number of para-hydroxylation sites is 1. The Morgan fingerprint density at radius 2 is 1.55 bits per heavy atom. The summed E-state index contributed by atoms with van der Waals surface area (Å²) in [6, 6.07) is 19.8. The molecule has 1 aliphatic heterocycles. The molecule has 148 valence electrons. The van der Waals surface area contributed by atoms with Gasteiger partial charge in [0, 0.05) is 66.5 Å². The molecule has 0 aliphatic carbocycles. The Hall–Kier alpha value is -2.86. The molecule has 2 heterocycles. The lowest BCUT2D eigenvalue weighted by molar-refractivity contribution is 0.0951. The number of pyridine rings is 1. The Labute approximate surface area is 179 Å². The zero-order valence-electron chi connectivity index (χ0n) is 16.1. The molecule has 3 aromatic rings. The minimum Gasteiger partial charge on any atom is -0.368 e. The highest BCUT2D eigenvalue weighted by molar-refractivity contribution is 9.10. The molecule has 0 spiro atoms. The van der Waals surface area contributed by atoms with Gasteiger partial charge in [0.2, 0.25) is 0 Å². The summed E-state index contributed by atoms with van der Waals surface area (Å²) in [6.07, 6.45) is 3.68. The van der Waals surface area contributed by atoms with Gasteiger partial charge in [-0.3, -0.25) is 9.78 Å². The molecular formula is C23H23BrN4O. The quantitative estimate of drug-likeness (QED) is 0.635. The molecular weight excluding hydrogens is 428 g/mol. The first-order valence-corrected chi connectivity index (χ1v) is 10.5. The van der Waals surface area contributed by atoms with Gasteiger partial charge >= 0.3 is 0 Å². The molecule has 0 bridgehead atoms. The number of carbonyl (C=O) groups excluding carboxylic acids is 1. The van der Waals surface area contributed by atoms with Crippen LogP contribution >= 0.6 is 15.9 Å². The molecule has 4 rings (SSSR count). The van der Waals surface area contributed by atoms with E-state index in [1.807, 2.05) is 42.7 Å². The van der Waals surface area contributed by atoms with Crippen LogP contribution in [-0.2, 0) is 6.54 Å². The second-order valence-corrected chi connectivity index (χ2v) is 7.91. The van der Waals surface area contributed by atoms with Crippen molar-refractivity contribution in [3.05, 3.63) is 88.7 Å². The van der Waals surface area contributed by atoms with Gasteiger partial charge in [-0.2, -0.15) is 0 Å². The number of piperazine rings is 1. The second-order valence-electron chi connectivity index (χ2n) is 7.00. The van der Waals surface area contributed by atoms with E-state index < -0.39 is 0 Å². The van der Waals surface area contributed by atoms with Crippen molar-refractivity contribution < 1.29 is 4.79 Å². The number of nitrogens with one attached hydrogen (secondary N) is 1. The molecule has 0 atom stereocenters. The lowest BCUT2D eigenvalue weighted by Crippen LogP contribution is -2.47. The normalized spacial score (nSPS) is 14.0. The fraction of sp³-hybridized carbons (Fsp3) is 0.217. The fourth-order valence-electron chi connectivity index (χ4n) is 3.61. The van der Waals surface area contributed by atoms with Crippen molar-refractivity contribution in [2.75, 3.05) is 36.0 Å². The van der Waals surface area contributed by atoms with Crippen molar-refractivity contribution in [1.82, 2.24) is 10.3 Å². The average Bonchev–Trinajstić information content (AvgIpc) is 2.79. The first-order chi connectivity index (χ1) is 14.2. The van der Waals surface area contributed by atoms with Crippen LogP contribution in [-0.4, -0.2) is 37.1 Å². The van der Waals surface area contributed by atoms with Crippen LogP contribution in [0.2, 0.25) is 0 Å². The Bertz CT molecular complexity index is 954. The molecule has 6 heteroatoms. The zero-order valence-corrected chi connectivity index (χ0v) is 17.7. The molecule has 1 amide bonds. The van der Waals surface area contributed by atoms with Gasteiger partial charge in [0.1, 0.15) is 0 Å². The summed E-state index contributed by atoms with van der Waals surface area (Å²) in [7, 11) is 0. The van der Waals surface area contributed by atoms with Gasteiger partial charge in [0.25, 0.3) is 5.91 Å². The van der Waals surface area contributed by atoms with Gasteiger partial charge in [-0.25, -0.2) is 0 Å². The molecule has 0 saturated carbocycles. The highest BCUT2D eigenvalue weighted by Crippen LogP contribution is 2.24. The van der Waals surface area contributed by atoms with Gasteiger partial charge in [0.15, 0.2) is 0 Å². The third kappa shape index (κ3) is 4.77. The van der Waals surface area contributed by atoms with Gasteiger partial charge < -0.3 is 15.1 Å². The van der Waals surface area contributed by atoms with Crippen molar-refractivity contribution in [1.29, 1.82) is 0 Å². The van der Waals surface area contributed by atoms with E-state index in [9.17, 15) is 4.79 Å². The maximum absolute atomic E-state index is 12.5. The minimum atomic E-state index is -0.0604. The van der Waals surface area contributed by atoms with E-state index in [1.54, 1.807) is 0 Å². The topological polar surface area (TPSA) is 48.5 Å². The lowest BCUT2D eigenvalue weighted by Gasteiger charge is -2.38. The summed E-state index contributed by atoms with van der Waals surface area (Å²) in [4.78, 5) is 21.4. The lowest BCUT2D eigenvalue weighted by atomic mass is 10.1. The highest BCUT2D eigenvalue weighted by Gasteiger charge is 2.19. The Morgan fingerprint density at radius 3 is 2.28 bits per heavy atom. The largest absolute Gasteiger partial charge is 0.368 e. The first-order valence-electron chi connectivity index (χ1n) is 9.72. The van der Waals surface area contributed by atoms with E-state index in [1.165, 1.54) is 11.4 Å². The van der Waals surface area contributed by atoms with Crippen LogP contribution in [0.15, 0.2) is 77.5 Å². The van der Waals surface area contributed by atoms with Crippen molar-refractivity contribution >= 4 is 33.2 Å². The number of benzene rings is 2. The van der Waals surface area contributed by atoms with E-state index in [4.69, 9.17) is 0 Å². The smallest absolute Gasteiger partial charge is 0.251 e. The SMILES string of the molecule is O=C(NCc1ccccc1N1CCN(c2ccncc2)CC1)c1ccc(Br)cc1. The van der Waals surface area contributed by atoms with E-state index >= 15 is 0 Å². The minimum absolute atomic E-state index is 0.0604. The molecule has 29 heavy (non-hydrogen) atoms. The monoisotopic (exact) mass is 450 g/mol. The average molecular weight is 451 g/mol. The van der Waals surface area contributed by atoms with Crippen molar-refractivity contribution in [2.24, 2.45) is 0 Å². The molecule has 0 unspecified atom stereocenters. The van der Waals surface area contributed by atoms with E-state index in [2.05, 4.69) is 66.4 Å². The summed E-state index contributed by atoms with van der Waals surface area (Å²) in [5, 5.41) is 3.05. The van der Waals surface area contributed by atoms with Crippen LogP contribution in [0, 0.1) is 0 Å². The number of nitrogens with zero attached hydrogens (tertiary/aromatic N) is 3. The van der Waals surface area contributed by atoms with Crippen LogP contribution in [0.4, 0.5) is 11.4 Å². The molecule has 5 nitrogen and oxygen atoms in total. The molecule has 1 aromatic heterocycles. The molecule has 0 radical (unpaired) electrons. The van der Waals surface area contributed by atoms with Gasteiger partial charge in [0.05, 0.1) is 0 Å². The first kappa shape index (κ1) is 19.5. The highest BCUT2D eigenvalue weighted by atomic mass is 79.9. The molecule has 1 saturated heterocycles. The van der Waals surface area contributed by atoms with Gasteiger partial charge in [-0.05, 0) is 48.0 Å². The molecule has 2 aromatic carbocycles. The number of hydrogen-bond acceptors (Lipinski definition) is 4. The number of aromatic nitrogens is 1. The molecule has 1 aliphatic rings. The van der Waals surface area contributed by atoms with E-state index in [0.717, 1.165) is 36.2 Å². The summed E-state index contributed by atoms with van der Waals surface area (Å²) in [6.45, 7) is 4.32. The Kier molecular flexibility index (Phi) is 6.10. The number of anilines is 2. The summed E-state index contributed by atoms with van der Waals surface area (Å²) in [5.41, 5.74) is 4.21. The third-order valence-corrected chi connectivity index (χ3v) is 5.71. The molecule has 1 N–H and O–H groups in total. The van der Waals surface area contributed by atoms with Gasteiger partial charge in [-0.15, -0.1) is 0 Å². The van der Waals surface area contributed by atoms with Crippen molar-refractivity contribution in [3.63, 3.8) is 0 Å². The number of carbonyl (C=O) groups is 1. The number of amides is 1. The Morgan fingerprint density at radius 1 is 0.897 bits per heavy atom. The predicted octanol–water partition coefficient (Wildman–Crippen LogP) is 4.10. The summed E-state index contributed by atoms with van der Waals surface area (Å²) >= 11 is 3.40. The van der Waals surface area contributed by atoms with E-state index in [-0.39, 0.29) is 5.91 Å². The maximum Gasteiger partial charge on any atom is 0.251 e.